The molecule has 4 heteroatoms. The number of rotatable bonds is 4. The minimum Gasteiger partial charge on any atom is -0.508 e. The Balaban J connectivity index is 2.53. The molecule has 1 N–H and O–H groups in total. The fraction of sp³-hybridized carbons (Fsp3) is 0.231. The summed E-state index contributed by atoms with van der Waals surface area (Å²) in [5.41, 5.74) is 1.21. The second-order valence-electron chi connectivity index (χ2n) is 3.80. The maximum Gasteiger partial charge on any atom is 0.331 e. The van der Waals surface area contributed by atoms with Crippen LogP contribution in [-0.2, 0) is 9.53 Å². The molecule has 0 saturated heterocycles. The Morgan fingerprint density at radius 3 is 2.35 bits per heavy atom. The normalized spacial score (nSPS) is 9.53. The molecule has 0 atom stereocenters. The molecule has 4 nitrogen and oxygen atoms in total. The standard InChI is InChI=1S/C13H14O4/c1-9(2)7-13(16)17-8-12(15)10-3-5-11(14)6-4-10/h3-7,14H,8H2,1-2H3. The molecular weight excluding hydrogens is 220 g/mol. The van der Waals surface area contributed by atoms with Crippen molar-refractivity contribution in [1.82, 2.24) is 0 Å². The number of hydrogen-bond donors (Lipinski definition) is 1. The van der Waals surface area contributed by atoms with Crippen molar-refractivity contribution in [2.75, 3.05) is 6.61 Å². The van der Waals surface area contributed by atoms with Crippen LogP contribution in [0.25, 0.3) is 0 Å². The van der Waals surface area contributed by atoms with Gasteiger partial charge >= 0.3 is 5.97 Å². The maximum absolute atomic E-state index is 11.6. The number of esters is 1. The largest absolute Gasteiger partial charge is 0.508 e. The monoisotopic (exact) mass is 234 g/mol. The molecule has 0 aliphatic rings. The van der Waals surface area contributed by atoms with Gasteiger partial charge in [0.15, 0.2) is 12.4 Å². The molecule has 0 aromatic heterocycles. The number of benzene rings is 1. The average molecular weight is 234 g/mol. The van der Waals surface area contributed by atoms with E-state index in [9.17, 15) is 9.59 Å². The van der Waals surface area contributed by atoms with E-state index in [1.807, 2.05) is 0 Å². The Labute approximate surface area is 99.5 Å². The van der Waals surface area contributed by atoms with E-state index in [4.69, 9.17) is 9.84 Å². The summed E-state index contributed by atoms with van der Waals surface area (Å²) in [5, 5.41) is 9.05. The summed E-state index contributed by atoms with van der Waals surface area (Å²) in [6.07, 6.45) is 1.32. The summed E-state index contributed by atoms with van der Waals surface area (Å²) in [7, 11) is 0. The van der Waals surface area contributed by atoms with Crippen molar-refractivity contribution < 1.29 is 19.4 Å². The molecule has 0 radical (unpaired) electrons. The molecule has 0 amide bonds. The molecule has 17 heavy (non-hydrogen) atoms. The summed E-state index contributed by atoms with van der Waals surface area (Å²) in [5.74, 6) is -0.749. The van der Waals surface area contributed by atoms with Crippen molar-refractivity contribution in [1.29, 1.82) is 0 Å². The van der Waals surface area contributed by atoms with Crippen molar-refractivity contribution in [3.05, 3.63) is 41.5 Å². The third-order valence-corrected chi connectivity index (χ3v) is 1.94. The SMILES string of the molecule is CC(C)=CC(=O)OCC(=O)c1ccc(O)cc1. The quantitative estimate of drug-likeness (QED) is 0.492. The lowest BCUT2D eigenvalue weighted by atomic mass is 10.1. The summed E-state index contributed by atoms with van der Waals surface area (Å²) >= 11 is 0. The first-order valence-electron chi connectivity index (χ1n) is 5.13. The zero-order valence-electron chi connectivity index (χ0n) is 9.77. The Kier molecular flexibility index (Phi) is 4.46. The van der Waals surface area contributed by atoms with E-state index >= 15 is 0 Å². The fourth-order valence-corrected chi connectivity index (χ4v) is 1.14. The lowest BCUT2D eigenvalue weighted by Crippen LogP contribution is -2.12. The van der Waals surface area contributed by atoms with E-state index in [0.717, 1.165) is 5.57 Å². The second-order valence-corrected chi connectivity index (χ2v) is 3.80. The van der Waals surface area contributed by atoms with Gasteiger partial charge in [0, 0.05) is 11.6 Å². The van der Waals surface area contributed by atoms with Gasteiger partial charge in [-0.05, 0) is 38.1 Å². The van der Waals surface area contributed by atoms with Crippen LogP contribution in [0.4, 0.5) is 0 Å². The number of allylic oxidation sites excluding steroid dienone is 1. The van der Waals surface area contributed by atoms with E-state index in [0.29, 0.717) is 5.56 Å². The first-order chi connectivity index (χ1) is 7.99. The highest BCUT2D eigenvalue weighted by atomic mass is 16.5. The first-order valence-corrected chi connectivity index (χ1v) is 5.13. The van der Waals surface area contributed by atoms with Gasteiger partial charge in [0.2, 0.25) is 0 Å². The van der Waals surface area contributed by atoms with Crippen molar-refractivity contribution >= 4 is 11.8 Å². The van der Waals surface area contributed by atoms with Gasteiger partial charge < -0.3 is 9.84 Å². The lowest BCUT2D eigenvalue weighted by molar-refractivity contribution is -0.136. The summed E-state index contributed by atoms with van der Waals surface area (Å²) in [6.45, 7) is 3.24. The number of Topliss-reactive ketones (excluding diaryl/α,β-unsaturated/α-hetero) is 1. The number of hydrogen-bond acceptors (Lipinski definition) is 4. The van der Waals surface area contributed by atoms with Crippen molar-refractivity contribution in [2.45, 2.75) is 13.8 Å². The number of carbonyl (C=O) groups excluding carboxylic acids is 2. The number of carbonyl (C=O) groups is 2. The molecule has 0 saturated carbocycles. The van der Waals surface area contributed by atoms with Gasteiger partial charge in [-0.25, -0.2) is 4.79 Å². The molecule has 0 bridgehead atoms. The average Bonchev–Trinajstić information content (AvgIpc) is 2.26. The molecule has 0 heterocycles. The molecule has 1 aromatic rings. The van der Waals surface area contributed by atoms with Crippen LogP contribution in [0.3, 0.4) is 0 Å². The van der Waals surface area contributed by atoms with Crippen LogP contribution < -0.4 is 0 Å². The fourth-order valence-electron chi connectivity index (χ4n) is 1.14. The van der Waals surface area contributed by atoms with Gasteiger partial charge in [0.1, 0.15) is 5.75 Å². The van der Waals surface area contributed by atoms with Gasteiger partial charge in [-0.15, -0.1) is 0 Å². The molecule has 90 valence electrons. The molecule has 0 spiro atoms. The van der Waals surface area contributed by atoms with Crippen LogP contribution in [-0.4, -0.2) is 23.5 Å². The van der Waals surface area contributed by atoms with Crippen LogP contribution in [0.2, 0.25) is 0 Å². The minimum absolute atomic E-state index is 0.0862. The zero-order valence-corrected chi connectivity index (χ0v) is 9.77. The number of ketones is 1. The van der Waals surface area contributed by atoms with E-state index in [2.05, 4.69) is 0 Å². The first kappa shape index (κ1) is 13.0. The summed E-state index contributed by atoms with van der Waals surface area (Å²) in [4.78, 5) is 22.7. The Hall–Kier alpha value is -2.10. The van der Waals surface area contributed by atoms with Crippen LogP contribution in [0.5, 0.6) is 5.75 Å². The number of phenolic OH excluding ortho intramolecular Hbond substituents is 1. The van der Waals surface area contributed by atoms with Crippen LogP contribution in [0.1, 0.15) is 24.2 Å². The molecule has 1 rings (SSSR count). The Bertz CT molecular complexity index is 439. The number of phenols is 1. The molecule has 0 aliphatic heterocycles. The minimum atomic E-state index is -0.530. The van der Waals surface area contributed by atoms with Gasteiger partial charge in [0.05, 0.1) is 0 Å². The van der Waals surface area contributed by atoms with E-state index in [1.165, 1.54) is 30.3 Å². The van der Waals surface area contributed by atoms with E-state index in [1.54, 1.807) is 13.8 Å². The number of aromatic hydroxyl groups is 1. The van der Waals surface area contributed by atoms with E-state index in [-0.39, 0.29) is 18.1 Å². The van der Waals surface area contributed by atoms with Crippen LogP contribution in [0, 0.1) is 0 Å². The second kappa shape index (κ2) is 5.84. The maximum atomic E-state index is 11.6. The molecule has 1 aromatic carbocycles. The van der Waals surface area contributed by atoms with Crippen LogP contribution in [0.15, 0.2) is 35.9 Å². The summed E-state index contributed by atoms with van der Waals surface area (Å²) in [6, 6.07) is 5.77. The third-order valence-electron chi connectivity index (χ3n) is 1.94. The summed E-state index contributed by atoms with van der Waals surface area (Å²) < 4.78 is 4.77. The van der Waals surface area contributed by atoms with Gasteiger partial charge in [-0.3, -0.25) is 4.79 Å². The van der Waals surface area contributed by atoms with Crippen LogP contribution >= 0.6 is 0 Å². The molecule has 0 unspecified atom stereocenters. The Morgan fingerprint density at radius 2 is 1.82 bits per heavy atom. The molecule has 0 aliphatic carbocycles. The zero-order chi connectivity index (χ0) is 12.8. The molecule has 0 fully saturated rings. The Morgan fingerprint density at radius 1 is 1.24 bits per heavy atom. The van der Waals surface area contributed by atoms with Gasteiger partial charge in [0.25, 0.3) is 0 Å². The van der Waals surface area contributed by atoms with Crippen molar-refractivity contribution in [2.24, 2.45) is 0 Å². The highest BCUT2D eigenvalue weighted by molar-refractivity contribution is 5.98. The van der Waals surface area contributed by atoms with Gasteiger partial charge in [-0.1, -0.05) is 5.57 Å². The highest BCUT2D eigenvalue weighted by Crippen LogP contribution is 2.10. The van der Waals surface area contributed by atoms with Crippen molar-refractivity contribution in [3.8, 4) is 5.75 Å². The highest BCUT2D eigenvalue weighted by Gasteiger charge is 2.08. The van der Waals surface area contributed by atoms with E-state index < -0.39 is 5.97 Å². The predicted octanol–water partition coefficient (Wildman–Crippen LogP) is 2.08. The third kappa shape index (κ3) is 4.51. The lowest BCUT2D eigenvalue weighted by Gasteiger charge is -2.02. The molecular formula is C13H14O4. The topological polar surface area (TPSA) is 63.6 Å². The predicted molar refractivity (Wildman–Crippen MR) is 62.8 cm³/mol. The van der Waals surface area contributed by atoms with Gasteiger partial charge in [-0.2, -0.15) is 0 Å². The smallest absolute Gasteiger partial charge is 0.331 e. The number of ether oxygens (including phenoxy) is 1. The van der Waals surface area contributed by atoms with Crippen molar-refractivity contribution in [3.63, 3.8) is 0 Å².